The molecule has 1 N–H and O–H groups in total. The number of cyclic esters (lactones) is 1. The minimum absolute atomic E-state index is 0.166. The van der Waals surface area contributed by atoms with Gasteiger partial charge in [0.25, 0.3) is 0 Å². The molecule has 1 aliphatic heterocycles. The molecule has 0 aliphatic carbocycles. The summed E-state index contributed by atoms with van der Waals surface area (Å²) in [5.41, 5.74) is 1.72. The van der Waals surface area contributed by atoms with Crippen molar-refractivity contribution in [3.8, 4) is 5.88 Å². The SMILES string of the molecule is COc1c(C2COC(=O)N2)c(C)nn1C. The van der Waals surface area contributed by atoms with E-state index in [0.29, 0.717) is 12.5 Å². The van der Waals surface area contributed by atoms with Crippen LogP contribution < -0.4 is 10.1 Å². The third kappa shape index (κ3) is 1.51. The summed E-state index contributed by atoms with van der Waals surface area (Å²) in [5, 5.41) is 6.94. The van der Waals surface area contributed by atoms with Crippen LogP contribution in [0, 0.1) is 6.92 Å². The lowest BCUT2D eigenvalue weighted by atomic mass is 10.1. The van der Waals surface area contributed by atoms with Crippen LogP contribution in [0.1, 0.15) is 17.3 Å². The second kappa shape index (κ2) is 3.45. The summed E-state index contributed by atoms with van der Waals surface area (Å²) in [5.74, 6) is 0.656. The van der Waals surface area contributed by atoms with Crippen LogP contribution in [-0.2, 0) is 11.8 Å². The van der Waals surface area contributed by atoms with Crippen LogP contribution in [0.3, 0.4) is 0 Å². The van der Waals surface area contributed by atoms with Crippen molar-refractivity contribution in [3.05, 3.63) is 11.3 Å². The molecule has 1 saturated heterocycles. The Kier molecular flexibility index (Phi) is 2.26. The van der Waals surface area contributed by atoms with E-state index in [4.69, 9.17) is 9.47 Å². The average Bonchev–Trinajstić information content (AvgIpc) is 2.70. The summed E-state index contributed by atoms with van der Waals surface area (Å²) >= 11 is 0. The predicted octanol–water partition coefficient (Wildman–Crippen LogP) is 0.518. The van der Waals surface area contributed by atoms with E-state index >= 15 is 0 Å². The average molecular weight is 211 g/mol. The van der Waals surface area contributed by atoms with Gasteiger partial charge < -0.3 is 14.8 Å². The molecule has 2 heterocycles. The van der Waals surface area contributed by atoms with Gasteiger partial charge >= 0.3 is 6.09 Å². The Morgan fingerprint density at radius 1 is 1.67 bits per heavy atom. The molecule has 1 amide bonds. The second-order valence-electron chi connectivity index (χ2n) is 3.43. The number of nitrogens with one attached hydrogen (secondary N) is 1. The van der Waals surface area contributed by atoms with Gasteiger partial charge in [0, 0.05) is 7.05 Å². The Bertz CT molecular complexity index is 400. The molecule has 1 unspecified atom stereocenters. The van der Waals surface area contributed by atoms with Crippen molar-refractivity contribution in [2.24, 2.45) is 7.05 Å². The number of methoxy groups -OCH3 is 1. The first kappa shape index (κ1) is 9.82. The highest BCUT2D eigenvalue weighted by Crippen LogP contribution is 2.29. The van der Waals surface area contributed by atoms with E-state index in [1.807, 2.05) is 6.92 Å². The maximum Gasteiger partial charge on any atom is 0.407 e. The van der Waals surface area contributed by atoms with Crippen molar-refractivity contribution < 1.29 is 14.3 Å². The van der Waals surface area contributed by atoms with Crippen molar-refractivity contribution >= 4 is 6.09 Å². The molecule has 0 saturated carbocycles. The lowest BCUT2D eigenvalue weighted by Crippen LogP contribution is -2.19. The van der Waals surface area contributed by atoms with E-state index in [-0.39, 0.29) is 6.04 Å². The molecular formula is C9H13N3O3. The highest BCUT2D eigenvalue weighted by molar-refractivity contribution is 5.70. The summed E-state index contributed by atoms with van der Waals surface area (Å²) in [7, 11) is 3.38. The number of carbonyl (C=O) groups excluding carboxylic acids is 1. The van der Waals surface area contributed by atoms with Crippen molar-refractivity contribution in [1.29, 1.82) is 0 Å². The molecule has 2 rings (SSSR count). The van der Waals surface area contributed by atoms with Crippen LogP contribution in [0.15, 0.2) is 0 Å². The zero-order valence-electron chi connectivity index (χ0n) is 8.90. The molecule has 6 nitrogen and oxygen atoms in total. The molecule has 15 heavy (non-hydrogen) atoms. The number of hydrogen-bond acceptors (Lipinski definition) is 4. The molecule has 6 heteroatoms. The molecular weight excluding hydrogens is 198 g/mol. The Morgan fingerprint density at radius 3 is 2.93 bits per heavy atom. The van der Waals surface area contributed by atoms with E-state index in [0.717, 1.165) is 11.3 Å². The number of amides is 1. The quantitative estimate of drug-likeness (QED) is 0.774. The molecule has 0 aromatic carbocycles. The Balaban J connectivity index is 2.38. The van der Waals surface area contributed by atoms with Crippen LogP contribution >= 0.6 is 0 Å². The van der Waals surface area contributed by atoms with Crippen LogP contribution in [-0.4, -0.2) is 29.6 Å². The fourth-order valence-electron chi connectivity index (χ4n) is 1.84. The minimum Gasteiger partial charge on any atom is -0.481 e. The highest BCUT2D eigenvalue weighted by atomic mass is 16.6. The molecule has 0 bridgehead atoms. The summed E-state index contributed by atoms with van der Waals surface area (Å²) in [6, 6.07) is -0.166. The fourth-order valence-corrected chi connectivity index (χ4v) is 1.84. The van der Waals surface area contributed by atoms with Crippen LogP contribution in [0.25, 0.3) is 0 Å². The van der Waals surface area contributed by atoms with Crippen molar-refractivity contribution in [2.75, 3.05) is 13.7 Å². The number of aromatic nitrogens is 2. The standard InChI is InChI=1S/C9H13N3O3/c1-5-7(6-4-15-9(13)10-6)8(14-3)12(2)11-5/h6H,4H2,1-3H3,(H,10,13). The van der Waals surface area contributed by atoms with E-state index < -0.39 is 6.09 Å². The first-order valence-electron chi connectivity index (χ1n) is 4.64. The van der Waals surface area contributed by atoms with Gasteiger partial charge in [-0.3, -0.25) is 0 Å². The lowest BCUT2D eigenvalue weighted by molar-refractivity contribution is 0.176. The van der Waals surface area contributed by atoms with Gasteiger partial charge in [0.1, 0.15) is 6.61 Å². The molecule has 82 valence electrons. The second-order valence-corrected chi connectivity index (χ2v) is 3.43. The number of alkyl carbamates (subject to hydrolysis) is 1. The number of nitrogens with zero attached hydrogens (tertiary/aromatic N) is 2. The number of carbonyl (C=O) groups is 1. The smallest absolute Gasteiger partial charge is 0.407 e. The van der Waals surface area contributed by atoms with Crippen molar-refractivity contribution in [3.63, 3.8) is 0 Å². The Hall–Kier alpha value is -1.72. The third-order valence-electron chi connectivity index (χ3n) is 2.43. The van der Waals surface area contributed by atoms with Gasteiger partial charge in [-0.15, -0.1) is 0 Å². The van der Waals surface area contributed by atoms with Gasteiger partial charge in [-0.2, -0.15) is 5.10 Å². The highest BCUT2D eigenvalue weighted by Gasteiger charge is 2.30. The topological polar surface area (TPSA) is 65.4 Å². The Morgan fingerprint density at radius 2 is 2.40 bits per heavy atom. The molecule has 1 atom stereocenters. The Labute approximate surface area is 87.2 Å². The third-order valence-corrected chi connectivity index (χ3v) is 2.43. The summed E-state index contributed by atoms with van der Waals surface area (Å²) in [4.78, 5) is 10.9. The van der Waals surface area contributed by atoms with Gasteiger partial charge in [0.2, 0.25) is 5.88 Å². The molecule has 1 aliphatic rings. The molecule has 1 aromatic heterocycles. The van der Waals surface area contributed by atoms with E-state index in [1.54, 1.807) is 18.8 Å². The van der Waals surface area contributed by atoms with Crippen molar-refractivity contribution in [1.82, 2.24) is 15.1 Å². The molecule has 1 aromatic rings. The zero-order valence-corrected chi connectivity index (χ0v) is 8.90. The number of aryl methyl sites for hydroxylation is 2. The van der Waals surface area contributed by atoms with Crippen LogP contribution in [0.4, 0.5) is 4.79 Å². The maximum atomic E-state index is 10.9. The van der Waals surface area contributed by atoms with E-state index in [1.165, 1.54) is 0 Å². The minimum atomic E-state index is -0.398. The fraction of sp³-hybridized carbons (Fsp3) is 0.556. The zero-order chi connectivity index (χ0) is 11.0. The van der Waals surface area contributed by atoms with E-state index in [2.05, 4.69) is 10.4 Å². The summed E-state index contributed by atoms with van der Waals surface area (Å²) in [6.45, 7) is 2.20. The number of ether oxygens (including phenoxy) is 2. The van der Waals surface area contributed by atoms with Crippen LogP contribution in [0.2, 0.25) is 0 Å². The van der Waals surface area contributed by atoms with Gasteiger partial charge in [0.15, 0.2) is 0 Å². The van der Waals surface area contributed by atoms with Gasteiger partial charge in [-0.05, 0) is 6.92 Å². The first-order valence-corrected chi connectivity index (χ1v) is 4.64. The number of hydrogen-bond donors (Lipinski definition) is 1. The van der Waals surface area contributed by atoms with E-state index in [9.17, 15) is 4.79 Å². The predicted molar refractivity (Wildman–Crippen MR) is 51.7 cm³/mol. The number of rotatable bonds is 2. The molecule has 0 spiro atoms. The monoisotopic (exact) mass is 211 g/mol. The molecule has 0 radical (unpaired) electrons. The van der Waals surface area contributed by atoms with Gasteiger partial charge in [-0.25, -0.2) is 9.48 Å². The summed E-state index contributed by atoms with van der Waals surface area (Å²) < 4.78 is 11.7. The molecule has 1 fully saturated rings. The first-order chi connectivity index (χ1) is 7.13. The maximum absolute atomic E-state index is 10.9. The van der Waals surface area contributed by atoms with Crippen molar-refractivity contribution in [2.45, 2.75) is 13.0 Å². The van der Waals surface area contributed by atoms with Crippen LogP contribution in [0.5, 0.6) is 5.88 Å². The lowest BCUT2D eigenvalue weighted by Gasteiger charge is -2.09. The van der Waals surface area contributed by atoms with Gasteiger partial charge in [-0.1, -0.05) is 0 Å². The summed E-state index contributed by atoms with van der Waals surface area (Å²) in [6.07, 6.45) is -0.398. The normalized spacial score (nSPS) is 19.9. The van der Waals surface area contributed by atoms with Gasteiger partial charge in [0.05, 0.1) is 24.4 Å². The largest absolute Gasteiger partial charge is 0.481 e.